The molecule has 4 nitrogen and oxygen atoms in total. The van der Waals surface area contributed by atoms with Crippen LogP contribution in [-0.2, 0) is 26.8 Å². The lowest BCUT2D eigenvalue weighted by molar-refractivity contribution is -0.0788. The van der Waals surface area contributed by atoms with Crippen molar-refractivity contribution in [3.8, 4) is 0 Å². The van der Waals surface area contributed by atoms with E-state index in [1.54, 1.807) is 6.07 Å². The lowest BCUT2D eigenvalue weighted by Gasteiger charge is -2.39. The van der Waals surface area contributed by atoms with Gasteiger partial charge in [0.25, 0.3) is 0 Å². The van der Waals surface area contributed by atoms with E-state index in [0.29, 0.717) is 4.90 Å². The number of ether oxygens (including phenoxy) is 1. The van der Waals surface area contributed by atoms with Crippen molar-refractivity contribution < 1.29 is 13.2 Å². The zero-order chi connectivity index (χ0) is 19.9. The molecule has 29 heavy (non-hydrogen) atoms. The van der Waals surface area contributed by atoms with Gasteiger partial charge in [0.2, 0.25) is 0 Å². The van der Waals surface area contributed by atoms with Crippen LogP contribution in [0.2, 0.25) is 0 Å². The number of hydrogen-bond donors (Lipinski definition) is 0. The summed E-state index contributed by atoms with van der Waals surface area (Å²) in [6, 6.07) is 16.2. The van der Waals surface area contributed by atoms with Gasteiger partial charge < -0.3 is 9.64 Å². The average molecular weight is 412 g/mol. The smallest absolute Gasteiger partial charge is 0.179 e. The zero-order valence-electron chi connectivity index (χ0n) is 16.8. The minimum Gasteiger partial charge on any atom is -0.365 e. The highest BCUT2D eigenvalue weighted by molar-refractivity contribution is 7.91. The molecule has 5 heteroatoms. The Kier molecular flexibility index (Phi) is 5.01. The van der Waals surface area contributed by atoms with Gasteiger partial charge in [0, 0.05) is 13.1 Å². The molecule has 1 fully saturated rings. The first-order chi connectivity index (χ1) is 14.1. The molecule has 0 radical (unpaired) electrons. The third-order valence-electron chi connectivity index (χ3n) is 7.07. The Balaban J connectivity index is 1.11. The molecule has 0 saturated carbocycles. The van der Waals surface area contributed by atoms with E-state index in [-0.39, 0.29) is 17.3 Å². The number of unbranched alkanes of at least 4 members (excludes halogenated alkanes) is 1. The number of benzene rings is 2. The molecule has 1 spiro atoms. The van der Waals surface area contributed by atoms with Crippen molar-refractivity contribution in [2.24, 2.45) is 0 Å². The standard InChI is InChI=1S/C24H29NO3S/c26-29(27)18-20(21-9-2-4-11-23(21)29)8-5-6-14-25-15-12-24(13-16-25)22-10-3-1-7-19(22)17-28-24/h1-4,7,9-11,20H,5-6,8,12-18H2. The largest absolute Gasteiger partial charge is 0.365 e. The molecule has 1 saturated heterocycles. The SMILES string of the molecule is O=S1(=O)CC(CCCCN2CCC3(CC2)OCc2ccccc23)c2ccccc21. The van der Waals surface area contributed by atoms with Crippen molar-refractivity contribution in [1.29, 1.82) is 0 Å². The van der Waals surface area contributed by atoms with Crippen LogP contribution in [0.1, 0.15) is 54.7 Å². The lowest BCUT2D eigenvalue weighted by Crippen LogP contribution is -2.42. The summed E-state index contributed by atoms with van der Waals surface area (Å²) in [6.45, 7) is 4.00. The highest BCUT2D eigenvalue weighted by Crippen LogP contribution is 2.44. The van der Waals surface area contributed by atoms with E-state index in [2.05, 4.69) is 29.2 Å². The number of rotatable bonds is 5. The van der Waals surface area contributed by atoms with E-state index < -0.39 is 9.84 Å². The van der Waals surface area contributed by atoms with Crippen molar-refractivity contribution in [1.82, 2.24) is 4.90 Å². The van der Waals surface area contributed by atoms with Gasteiger partial charge in [-0.1, -0.05) is 48.9 Å². The first-order valence-corrected chi connectivity index (χ1v) is 12.5. The summed E-state index contributed by atoms with van der Waals surface area (Å²) in [4.78, 5) is 3.11. The summed E-state index contributed by atoms with van der Waals surface area (Å²) >= 11 is 0. The fourth-order valence-electron chi connectivity index (χ4n) is 5.45. The Labute approximate surface area is 173 Å². The Morgan fingerprint density at radius 3 is 2.62 bits per heavy atom. The molecular weight excluding hydrogens is 382 g/mol. The monoisotopic (exact) mass is 411 g/mol. The Morgan fingerprint density at radius 2 is 1.76 bits per heavy atom. The number of fused-ring (bicyclic) bond motifs is 3. The summed E-state index contributed by atoms with van der Waals surface area (Å²) in [7, 11) is -3.07. The molecule has 2 aromatic rings. The molecule has 3 heterocycles. The van der Waals surface area contributed by atoms with Crippen LogP contribution in [0.4, 0.5) is 0 Å². The maximum absolute atomic E-state index is 12.3. The molecule has 0 N–H and O–H groups in total. The molecule has 0 amide bonds. The first kappa shape index (κ1) is 19.3. The molecule has 154 valence electrons. The van der Waals surface area contributed by atoms with E-state index in [1.807, 2.05) is 18.2 Å². The number of nitrogens with zero attached hydrogens (tertiary/aromatic N) is 1. The van der Waals surface area contributed by atoms with Gasteiger partial charge in [0.1, 0.15) is 0 Å². The van der Waals surface area contributed by atoms with Crippen molar-refractivity contribution in [2.75, 3.05) is 25.4 Å². The van der Waals surface area contributed by atoms with Crippen LogP contribution >= 0.6 is 0 Å². The van der Waals surface area contributed by atoms with Gasteiger partial charge in [-0.15, -0.1) is 0 Å². The Bertz CT molecular complexity index is 993. The van der Waals surface area contributed by atoms with Crippen LogP contribution in [0.15, 0.2) is 53.4 Å². The Morgan fingerprint density at radius 1 is 1.00 bits per heavy atom. The minimum absolute atomic E-state index is 0.0605. The van der Waals surface area contributed by atoms with Crippen LogP contribution in [0.25, 0.3) is 0 Å². The molecule has 5 rings (SSSR count). The normalized spacial score (nSPS) is 24.5. The summed E-state index contributed by atoms with van der Waals surface area (Å²) in [5.41, 5.74) is 3.73. The van der Waals surface area contributed by atoms with E-state index in [9.17, 15) is 8.42 Å². The van der Waals surface area contributed by atoms with Gasteiger partial charge in [0.05, 0.1) is 22.9 Å². The molecule has 1 unspecified atom stereocenters. The molecule has 3 aliphatic heterocycles. The van der Waals surface area contributed by atoms with Crippen molar-refractivity contribution in [3.05, 3.63) is 65.2 Å². The van der Waals surface area contributed by atoms with Crippen LogP contribution in [0.5, 0.6) is 0 Å². The topological polar surface area (TPSA) is 46.6 Å². The zero-order valence-corrected chi connectivity index (χ0v) is 17.7. The fraction of sp³-hybridized carbons (Fsp3) is 0.500. The molecule has 0 bridgehead atoms. The second-order valence-electron chi connectivity index (χ2n) is 8.79. The number of hydrogen-bond acceptors (Lipinski definition) is 4. The summed E-state index contributed by atoms with van der Waals surface area (Å²) in [5.74, 6) is 0.458. The predicted octanol–water partition coefficient (Wildman–Crippen LogP) is 4.25. The molecular formula is C24H29NO3S. The van der Waals surface area contributed by atoms with Gasteiger partial charge >= 0.3 is 0 Å². The molecule has 0 aromatic heterocycles. The van der Waals surface area contributed by atoms with Crippen LogP contribution < -0.4 is 0 Å². The van der Waals surface area contributed by atoms with Crippen molar-refractivity contribution >= 4 is 9.84 Å². The van der Waals surface area contributed by atoms with Gasteiger partial charge in [-0.2, -0.15) is 0 Å². The lowest BCUT2D eigenvalue weighted by atomic mass is 9.84. The molecule has 0 aliphatic carbocycles. The highest BCUT2D eigenvalue weighted by Gasteiger charge is 2.42. The second-order valence-corrected chi connectivity index (χ2v) is 10.8. The van der Waals surface area contributed by atoms with Crippen LogP contribution in [0.3, 0.4) is 0 Å². The summed E-state index contributed by atoms with van der Waals surface area (Å²) < 4.78 is 30.9. The number of likely N-dealkylation sites (tertiary alicyclic amines) is 1. The van der Waals surface area contributed by atoms with Gasteiger partial charge in [-0.25, -0.2) is 8.42 Å². The van der Waals surface area contributed by atoms with Gasteiger partial charge in [-0.3, -0.25) is 0 Å². The number of sulfone groups is 1. The van der Waals surface area contributed by atoms with E-state index >= 15 is 0 Å². The van der Waals surface area contributed by atoms with E-state index in [4.69, 9.17) is 4.74 Å². The third-order valence-corrected chi connectivity index (χ3v) is 8.95. The second kappa shape index (κ2) is 7.53. The molecule has 3 aliphatic rings. The van der Waals surface area contributed by atoms with Crippen LogP contribution in [-0.4, -0.2) is 38.7 Å². The van der Waals surface area contributed by atoms with E-state index in [0.717, 1.165) is 63.9 Å². The maximum Gasteiger partial charge on any atom is 0.179 e. The molecule has 2 aromatic carbocycles. The maximum atomic E-state index is 12.3. The average Bonchev–Trinajstić information content (AvgIpc) is 3.22. The van der Waals surface area contributed by atoms with Crippen molar-refractivity contribution in [3.63, 3.8) is 0 Å². The molecule has 1 atom stereocenters. The van der Waals surface area contributed by atoms with Crippen LogP contribution in [0, 0.1) is 0 Å². The predicted molar refractivity (Wildman–Crippen MR) is 114 cm³/mol. The van der Waals surface area contributed by atoms with Crippen molar-refractivity contribution in [2.45, 2.75) is 55.1 Å². The van der Waals surface area contributed by atoms with Gasteiger partial charge in [0.15, 0.2) is 9.84 Å². The fourth-order valence-corrected chi connectivity index (χ4v) is 7.38. The Hall–Kier alpha value is -1.69. The number of piperidine rings is 1. The van der Waals surface area contributed by atoms with E-state index in [1.165, 1.54) is 11.1 Å². The third kappa shape index (κ3) is 3.54. The minimum atomic E-state index is -3.07. The summed E-state index contributed by atoms with van der Waals surface area (Å²) in [6.07, 6.45) is 5.31. The summed E-state index contributed by atoms with van der Waals surface area (Å²) in [5, 5.41) is 0. The quantitative estimate of drug-likeness (QED) is 0.690. The highest BCUT2D eigenvalue weighted by atomic mass is 32.2. The first-order valence-electron chi connectivity index (χ1n) is 10.8. The van der Waals surface area contributed by atoms with Gasteiger partial charge in [-0.05, 0) is 60.9 Å².